The van der Waals surface area contributed by atoms with Crippen molar-refractivity contribution in [1.29, 1.82) is 0 Å². The van der Waals surface area contributed by atoms with Gasteiger partial charge in [-0.15, -0.1) is 11.3 Å². The van der Waals surface area contributed by atoms with Crippen LogP contribution in [-0.4, -0.2) is 16.6 Å². The molecule has 0 saturated heterocycles. The van der Waals surface area contributed by atoms with Crippen LogP contribution in [0, 0.1) is 0 Å². The third-order valence-corrected chi connectivity index (χ3v) is 3.95. The Bertz CT molecular complexity index is 571. The van der Waals surface area contributed by atoms with E-state index in [0.717, 1.165) is 9.17 Å². The van der Waals surface area contributed by atoms with Gasteiger partial charge in [0.05, 0.1) is 15.8 Å². The first-order valence-corrected chi connectivity index (χ1v) is 6.81. The first-order chi connectivity index (χ1) is 7.88. The Morgan fingerprint density at radius 1 is 1.47 bits per heavy atom. The molecule has 0 aliphatic rings. The van der Waals surface area contributed by atoms with Gasteiger partial charge in [-0.1, -0.05) is 0 Å². The third kappa shape index (κ3) is 2.66. The number of carbonyl (C=O) groups is 1. The molecule has 0 N–H and O–H groups in total. The lowest BCUT2D eigenvalue weighted by Gasteiger charge is -2.18. The standard InChI is InChI=1S/C12H12BrNO2S/c1-12(2,3)16-11(15)7-6-17-10-8(13)4-5-14-9(7)10/h4-6H,1-3H3. The molecule has 0 aliphatic heterocycles. The molecule has 3 nitrogen and oxygen atoms in total. The fourth-order valence-electron chi connectivity index (χ4n) is 1.38. The summed E-state index contributed by atoms with van der Waals surface area (Å²) in [5, 5.41) is 1.79. The van der Waals surface area contributed by atoms with Crippen molar-refractivity contribution in [1.82, 2.24) is 4.98 Å². The molecule has 5 heteroatoms. The number of hydrogen-bond donors (Lipinski definition) is 0. The molecule has 0 aliphatic carbocycles. The topological polar surface area (TPSA) is 39.2 Å². The number of rotatable bonds is 1. The zero-order valence-corrected chi connectivity index (χ0v) is 12.2. The minimum atomic E-state index is -0.489. The largest absolute Gasteiger partial charge is 0.456 e. The minimum absolute atomic E-state index is 0.325. The number of carbonyl (C=O) groups excluding carboxylic acids is 1. The van der Waals surface area contributed by atoms with Crippen LogP contribution >= 0.6 is 27.3 Å². The smallest absolute Gasteiger partial charge is 0.341 e. The van der Waals surface area contributed by atoms with Crippen molar-refractivity contribution in [2.24, 2.45) is 0 Å². The minimum Gasteiger partial charge on any atom is -0.456 e. The number of thiophene rings is 1. The molecule has 0 bridgehead atoms. The summed E-state index contributed by atoms with van der Waals surface area (Å²) in [6.45, 7) is 5.55. The van der Waals surface area contributed by atoms with E-state index in [9.17, 15) is 4.79 Å². The number of fused-ring (bicyclic) bond motifs is 1. The van der Waals surface area contributed by atoms with Gasteiger partial charge in [0, 0.05) is 16.0 Å². The summed E-state index contributed by atoms with van der Waals surface area (Å²) in [7, 11) is 0. The molecule has 0 unspecified atom stereocenters. The predicted octanol–water partition coefficient (Wildman–Crippen LogP) is 4.01. The Labute approximate surface area is 112 Å². The summed E-state index contributed by atoms with van der Waals surface area (Å²) < 4.78 is 7.26. The third-order valence-electron chi connectivity index (χ3n) is 2.03. The number of hydrogen-bond acceptors (Lipinski definition) is 4. The molecule has 2 heterocycles. The van der Waals surface area contributed by atoms with Crippen LogP contribution in [0.15, 0.2) is 22.1 Å². The van der Waals surface area contributed by atoms with Crippen molar-refractivity contribution in [3.05, 3.63) is 27.7 Å². The maximum Gasteiger partial charge on any atom is 0.341 e. The number of nitrogens with zero attached hydrogens (tertiary/aromatic N) is 1. The second kappa shape index (κ2) is 4.38. The van der Waals surface area contributed by atoms with Crippen LogP contribution in [0.3, 0.4) is 0 Å². The van der Waals surface area contributed by atoms with Gasteiger partial charge in [0.1, 0.15) is 5.60 Å². The Balaban J connectivity index is 2.43. The SMILES string of the molecule is CC(C)(C)OC(=O)c1csc2c(Br)ccnc12. The number of halogens is 1. The fourth-order valence-corrected chi connectivity index (χ4v) is 2.86. The lowest BCUT2D eigenvalue weighted by molar-refractivity contribution is 0.00721. The van der Waals surface area contributed by atoms with E-state index in [1.807, 2.05) is 26.8 Å². The van der Waals surface area contributed by atoms with E-state index in [4.69, 9.17) is 4.74 Å². The average molecular weight is 314 g/mol. The van der Waals surface area contributed by atoms with E-state index >= 15 is 0 Å². The highest BCUT2D eigenvalue weighted by Crippen LogP contribution is 2.31. The van der Waals surface area contributed by atoms with Crippen LogP contribution in [0.5, 0.6) is 0 Å². The molecule has 2 aromatic heterocycles. The Kier molecular flexibility index (Phi) is 3.23. The van der Waals surface area contributed by atoms with Crippen LogP contribution in [-0.2, 0) is 4.74 Å². The summed E-state index contributed by atoms with van der Waals surface area (Å²) >= 11 is 4.92. The van der Waals surface area contributed by atoms with E-state index in [1.54, 1.807) is 11.6 Å². The Morgan fingerprint density at radius 2 is 2.18 bits per heavy atom. The fraction of sp³-hybridized carbons (Fsp3) is 0.333. The average Bonchev–Trinajstić information content (AvgIpc) is 2.60. The Morgan fingerprint density at radius 3 is 2.82 bits per heavy atom. The molecule has 0 atom stereocenters. The van der Waals surface area contributed by atoms with Crippen LogP contribution in [0.4, 0.5) is 0 Å². The molecule has 2 aromatic rings. The van der Waals surface area contributed by atoms with Gasteiger partial charge in [-0.05, 0) is 42.8 Å². The second-order valence-electron chi connectivity index (χ2n) is 4.62. The molecule has 0 amide bonds. The molecule has 90 valence electrons. The lowest BCUT2D eigenvalue weighted by Crippen LogP contribution is -2.23. The van der Waals surface area contributed by atoms with E-state index < -0.39 is 5.60 Å². The molecule has 0 saturated carbocycles. The van der Waals surface area contributed by atoms with Gasteiger partial charge in [-0.3, -0.25) is 4.98 Å². The second-order valence-corrected chi connectivity index (χ2v) is 6.36. The summed E-state index contributed by atoms with van der Waals surface area (Å²) in [5.74, 6) is -0.325. The van der Waals surface area contributed by atoms with E-state index in [2.05, 4.69) is 20.9 Å². The first-order valence-electron chi connectivity index (χ1n) is 5.13. The maximum absolute atomic E-state index is 12.0. The predicted molar refractivity (Wildman–Crippen MR) is 72.5 cm³/mol. The Hall–Kier alpha value is -0.940. The van der Waals surface area contributed by atoms with Gasteiger partial charge in [-0.25, -0.2) is 4.79 Å². The van der Waals surface area contributed by atoms with E-state index in [1.165, 1.54) is 11.3 Å². The van der Waals surface area contributed by atoms with Gasteiger partial charge in [0.15, 0.2) is 0 Å². The highest BCUT2D eigenvalue weighted by molar-refractivity contribution is 9.10. The van der Waals surface area contributed by atoms with Gasteiger partial charge in [0.2, 0.25) is 0 Å². The van der Waals surface area contributed by atoms with Crippen molar-refractivity contribution in [3.63, 3.8) is 0 Å². The van der Waals surface area contributed by atoms with E-state index in [0.29, 0.717) is 11.1 Å². The highest BCUT2D eigenvalue weighted by atomic mass is 79.9. The lowest BCUT2D eigenvalue weighted by atomic mass is 10.2. The number of pyridine rings is 1. The van der Waals surface area contributed by atoms with Crippen LogP contribution in [0.1, 0.15) is 31.1 Å². The normalized spacial score (nSPS) is 11.8. The number of aromatic nitrogens is 1. The summed E-state index contributed by atoms with van der Waals surface area (Å²) in [6, 6.07) is 1.86. The molecule has 17 heavy (non-hydrogen) atoms. The summed E-state index contributed by atoms with van der Waals surface area (Å²) in [4.78, 5) is 16.2. The van der Waals surface area contributed by atoms with Crippen molar-refractivity contribution in [2.75, 3.05) is 0 Å². The van der Waals surface area contributed by atoms with Gasteiger partial charge in [0.25, 0.3) is 0 Å². The van der Waals surface area contributed by atoms with Crippen LogP contribution in [0.2, 0.25) is 0 Å². The van der Waals surface area contributed by atoms with Crippen molar-refractivity contribution < 1.29 is 9.53 Å². The molecule has 0 spiro atoms. The zero-order chi connectivity index (χ0) is 12.6. The first kappa shape index (κ1) is 12.5. The summed E-state index contributed by atoms with van der Waals surface area (Å²) in [6.07, 6.45) is 1.67. The maximum atomic E-state index is 12.0. The highest BCUT2D eigenvalue weighted by Gasteiger charge is 2.21. The number of esters is 1. The zero-order valence-electron chi connectivity index (χ0n) is 9.78. The molecule has 0 aromatic carbocycles. The quantitative estimate of drug-likeness (QED) is 0.747. The monoisotopic (exact) mass is 313 g/mol. The molecular formula is C12H12BrNO2S. The van der Waals surface area contributed by atoms with Gasteiger partial charge >= 0.3 is 5.97 Å². The molecular weight excluding hydrogens is 302 g/mol. The summed E-state index contributed by atoms with van der Waals surface area (Å²) in [5.41, 5.74) is 0.733. The molecule has 2 rings (SSSR count). The van der Waals surface area contributed by atoms with E-state index in [-0.39, 0.29) is 5.97 Å². The molecule has 0 radical (unpaired) electrons. The van der Waals surface area contributed by atoms with Crippen LogP contribution in [0.25, 0.3) is 10.2 Å². The molecule has 0 fully saturated rings. The number of ether oxygens (including phenoxy) is 1. The van der Waals surface area contributed by atoms with Crippen molar-refractivity contribution in [3.8, 4) is 0 Å². The van der Waals surface area contributed by atoms with Crippen molar-refractivity contribution >= 4 is 43.5 Å². The van der Waals surface area contributed by atoms with Crippen LogP contribution < -0.4 is 0 Å². The van der Waals surface area contributed by atoms with Gasteiger partial charge in [-0.2, -0.15) is 0 Å². The van der Waals surface area contributed by atoms with Gasteiger partial charge < -0.3 is 4.74 Å². The van der Waals surface area contributed by atoms with Crippen molar-refractivity contribution in [2.45, 2.75) is 26.4 Å².